The first-order valence-corrected chi connectivity index (χ1v) is 9.23. The zero-order valence-corrected chi connectivity index (χ0v) is 15.8. The average Bonchev–Trinajstić information content (AvgIpc) is 3.06. The third kappa shape index (κ3) is 2.44. The highest BCUT2D eigenvalue weighted by Crippen LogP contribution is 2.28. The summed E-state index contributed by atoms with van der Waals surface area (Å²) in [5.41, 5.74) is 4.77. The Morgan fingerprint density at radius 2 is 1.71 bits per heavy atom. The highest BCUT2D eigenvalue weighted by Gasteiger charge is 2.16. The van der Waals surface area contributed by atoms with Crippen LogP contribution in [0.25, 0.3) is 33.4 Å². The van der Waals surface area contributed by atoms with Gasteiger partial charge in [0.1, 0.15) is 0 Å². The molecule has 136 valence electrons. The van der Waals surface area contributed by atoms with Crippen molar-refractivity contribution in [2.24, 2.45) is 0 Å². The molecule has 5 aromatic rings. The first-order valence-electron chi connectivity index (χ1n) is 8.85. The maximum Gasteiger partial charge on any atom is 0.266 e. The molecule has 2 aromatic carbocycles. The lowest BCUT2D eigenvalue weighted by atomic mass is 10.1. The summed E-state index contributed by atoms with van der Waals surface area (Å²) in [6, 6.07) is 19.1. The van der Waals surface area contributed by atoms with E-state index >= 15 is 0 Å². The van der Waals surface area contributed by atoms with Gasteiger partial charge in [0.2, 0.25) is 0 Å². The SMILES string of the molecule is Cc1nn2c(ncc3c(=O)n(-c4ccccc4Cl)ccc32)c1-c1ccccc1. The summed E-state index contributed by atoms with van der Waals surface area (Å²) in [7, 11) is 0. The molecule has 0 N–H and O–H groups in total. The smallest absolute Gasteiger partial charge is 0.266 e. The molecule has 3 heterocycles. The van der Waals surface area contributed by atoms with Crippen molar-refractivity contribution in [3.8, 4) is 16.8 Å². The van der Waals surface area contributed by atoms with Gasteiger partial charge in [0.05, 0.1) is 27.3 Å². The van der Waals surface area contributed by atoms with Gasteiger partial charge in [-0.3, -0.25) is 9.36 Å². The van der Waals surface area contributed by atoms with E-state index < -0.39 is 0 Å². The summed E-state index contributed by atoms with van der Waals surface area (Å²) < 4.78 is 3.28. The summed E-state index contributed by atoms with van der Waals surface area (Å²) >= 11 is 6.28. The van der Waals surface area contributed by atoms with Crippen LogP contribution >= 0.6 is 11.6 Å². The number of fused-ring (bicyclic) bond motifs is 3. The number of aryl methyl sites for hydroxylation is 1. The van der Waals surface area contributed by atoms with E-state index in [1.54, 1.807) is 23.0 Å². The van der Waals surface area contributed by atoms with E-state index in [4.69, 9.17) is 11.6 Å². The van der Waals surface area contributed by atoms with E-state index in [2.05, 4.69) is 10.1 Å². The summed E-state index contributed by atoms with van der Waals surface area (Å²) in [5, 5.41) is 5.66. The van der Waals surface area contributed by atoms with Gasteiger partial charge in [-0.25, -0.2) is 9.50 Å². The van der Waals surface area contributed by atoms with E-state index in [0.717, 1.165) is 22.5 Å². The molecule has 0 aliphatic rings. The predicted molar refractivity (Wildman–Crippen MR) is 111 cm³/mol. The van der Waals surface area contributed by atoms with Crippen LogP contribution in [0.2, 0.25) is 5.02 Å². The molecule has 28 heavy (non-hydrogen) atoms. The van der Waals surface area contributed by atoms with Crippen molar-refractivity contribution in [1.82, 2.24) is 19.2 Å². The highest BCUT2D eigenvalue weighted by molar-refractivity contribution is 6.32. The number of pyridine rings is 1. The van der Waals surface area contributed by atoms with Crippen molar-refractivity contribution < 1.29 is 0 Å². The molecule has 0 amide bonds. The van der Waals surface area contributed by atoms with Crippen molar-refractivity contribution in [3.05, 3.63) is 94.1 Å². The van der Waals surface area contributed by atoms with Crippen LogP contribution in [-0.2, 0) is 0 Å². The van der Waals surface area contributed by atoms with Crippen LogP contribution in [0.3, 0.4) is 0 Å². The molecular formula is C22H15ClN4O. The van der Waals surface area contributed by atoms with Gasteiger partial charge in [0, 0.05) is 18.0 Å². The maximum absolute atomic E-state index is 13.1. The number of nitrogens with zero attached hydrogens (tertiary/aromatic N) is 4. The van der Waals surface area contributed by atoms with Gasteiger partial charge < -0.3 is 0 Å². The van der Waals surface area contributed by atoms with Crippen LogP contribution in [-0.4, -0.2) is 19.2 Å². The molecule has 0 aliphatic carbocycles. The fourth-order valence-corrected chi connectivity index (χ4v) is 3.78. The topological polar surface area (TPSA) is 52.2 Å². The second-order valence-corrected chi connectivity index (χ2v) is 6.97. The van der Waals surface area contributed by atoms with Crippen LogP contribution < -0.4 is 5.56 Å². The zero-order chi connectivity index (χ0) is 19.3. The van der Waals surface area contributed by atoms with Crippen LogP contribution in [0.1, 0.15) is 5.69 Å². The Morgan fingerprint density at radius 1 is 0.964 bits per heavy atom. The highest BCUT2D eigenvalue weighted by atomic mass is 35.5. The van der Waals surface area contributed by atoms with Crippen LogP contribution in [0.15, 0.2) is 77.9 Å². The second kappa shape index (κ2) is 6.32. The van der Waals surface area contributed by atoms with Gasteiger partial charge in [0.15, 0.2) is 5.65 Å². The molecule has 0 aliphatic heterocycles. The molecule has 0 spiro atoms. The van der Waals surface area contributed by atoms with E-state index in [-0.39, 0.29) is 5.56 Å². The lowest BCUT2D eigenvalue weighted by molar-refractivity contribution is 0.940. The first kappa shape index (κ1) is 16.7. The minimum Gasteiger partial charge on any atom is -0.282 e. The summed E-state index contributed by atoms with van der Waals surface area (Å²) in [6.45, 7) is 1.95. The van der Waals surface area contributed by atoms with E-state index in [1.807, 2.05) is 61.5 Å². The van der Waals surface area contributed by atoms with Gasteiger partial charge in [-0.05, 0) is 30.7 Å². The Balaban J connectivity index is 1.80. The largest absolute Gasteiger partial charge is 0.282 e. The van der Waals surface area contributed by atoms with Gasteiger partial charge in [-0.15, -0.1) is 0 Å². The average molecular weight is 387 g/mol. The normalized spacial score (nSPS) is 11.4. The Labute approximate surface area is 165 Å². The number of para-hydroxylation sites is 1. The number of aromatic nitrogens is 4. The van der Waals surface area contributed by atoms with Gasteiger partial charge >= 0.3 is 0 Å². The molecule has 3 aromatic heterocycles. The number of rotatable bonds is 2. The van der Waals surface area contributed by atoms with Crippen molar-refractivity contribution >= 4 is 28.2 Å². The molecule has 0 atom stereocenters. The third-order valence-electron chi connectivity index (χ3n) is 4.86. The fourth-order valence-electron chi connectivity index (χ4n) is 3.56. The van der Waals surface area contributed by atoms with Crippen LogP contribution in [0, 0.1) is 6.92 Å². The molecular weight excluding hydrogens is 372 g/mol. The van der Waals surface area contributed by atoms with E-state index in [1.165, 1.54) is 4.57 Å². The van der Waals surface area contributed by atoms with Crippen LogP contribution in [0.4, 0.5) is 0 Å². The Morgan fingerprint density at radius 3 is 2.50 bits per heavy atom. The molecule has 5 rings (SSSR count). The van der Waals surface area contributed by atoms with Crippen molar-refractivity contribution in [2.75, 3.05) is 0 Å². The lowest BCUT2D eigenvalue weighted by Gasteiger charge is -2.09. The summed E-state index contributed by atoms with van der Waals surface area (Å²) in [6.07, 6.45) is 3.35. The molecule has 0 saturated carbocycles. The minimum absolute atomic E-state index is 0.186. The lowest BCUT2D eigenvalue weighted by Crippen LogP contribution is -2.19. The quantitative estimate of drug-likeness (QED) is 0.443. The molecule has 0 radical (unpaired) electrons. The van der Waals surface area contributed by atoms with Crippen molar-refractivity contribution in [3.63, 3.8) is 0 Å². The van der Waals surface area contributed by atoms with Gasteiger partial charge in [0.25, 0.3) is 5.56 Å². The van der Waals surface area contributed by atoms with Crippen molar-refractivity contribution in [1.29, 1.82) is 0 Å². The minimum atomic E-state index is -0.186. The molecule has 0 fully saturated rings. The van der Waals surface area contributed by atoms with E-state index in [0.29, 0.717) is 21.6 Å². The van der Waals surface area contributed by atoms with E-state index in [9.17, 15) is 4.79 Å². The molecule has 0 saturated heterocycles. The van der Waals surface area contributed by atoms with Crippen molar-refractivity contribution in [2.45, 2.75) is 6.92 Å². The molecule has 5 nitrogen and oxygen atoms in total. The Hall–Kier alpha value is -3.44. The predicted octanol–water partition coefficient (Wildman–Crippen LogP) is 4.66. The first-order chi connectivity index (χ1) is 13.6. The summed E-state index contributed by atoms with van der Waals surface area (Å²) in [5.74, 6) is 0. The number of benzene rings is 2. The molecule has 0 bridgehead atoms. The molecule has 0 unspecified atom stereocenters. The summed E-state index contributed by atoms with van der Waals surface area (Å²) in [4.78, 5) is 17.7. The monoisotopic (exact) mass is 386 g/mol. The maximum atomic E-state index is 13.1. The van der Waals surface area contributed by atoms with Gasteiger partial charge in [-0.1, -0.05) is 54.1 Å². The molecule has 6 heteroatoms. The van der Waals surface area contributed by atoms with Gasteiger partial charge in [-0.2, -0.15) is 5.10 Å². The Kier molecular flexibility index (Phi) is 3.77. The number of hydrogen-bond donors (Lipinski definition) is 0. The zero-order valence-electron chi connectivity index (χ0n) is 15.0. The fraction of sp³-hybridized carbons (Fsp3) is 0.0455. The van der Waals surface area contributed by atoms with Crippen LogP contribution in [0.5, 0.6) is 0 Å². The number of hydrogen-bond acceptors (Lipinski definition) is 3. The third-order valence-corrected chi connectivity index (χ3v) is 5.18. The number of halogens is 1. The Bertz CT molecular complexity index is 1400. The standard InChI is InChI=1S/C22H15ClN4O/c1-14-20(15-7-3-2-4-8-15)21-24-13-16-18(27(21)25-14)11-12-26(22(16)28)19-10-6-5-9-17(19)23/h2-13H,1H3. The second-order valence-electron chi connectivity index (χ2n) is 6.56.